The number of carbonyl (C=O) groups is 1. The molecule has 7 nitrogen and oxygen atoms in total. The summed E-state index contributed by atoms with van der Waals surface area (Å²) in [6.07, 6.45) is 3.81. The lowest BCUT2D eigenvalue weighted by molar-refractivity contribution is 0.0708. The van der Waals surface area contributed by atoms with Crippen molar-refractivity contribution in [1.29, 1.82) is 0 Å². The minimum absolute atomic E-state index is 0.0587. The van der Waals surface area contributed by atoms with E-state index in [-0.39, 0.29) is 23.5 Å². The molecule has 2 aliphatic rings. The average Bonchev–Trinajstić information content (AvgIpc) is 2.96. The van der Waals surface area contributed by atoms with E-state index in [9.17, 15) is 13.2 Å². The molecule has 0 N–H and O–H groups in total. The maximum Gasteiger partial charge on any atom is 0.255 e. The molecule has 0 radical (unpaired) electrons. The zero-order valence-corrected chi connectivity index (χ0v) is 14.7. The molecule has 1 aromatic rings. The van der Waals surface area contributed by atoms with Crippen molar-refractivity contribution in [3.8, 4) is 0 Å². The van der Waals surface area contributed by atoms with E-state index in [0.29, 0.717) is 31.7 Å². The van der Waals surface area contributed by atoms with Gasteiger partial charge in [-0.25, -0.2) is 8.42 Å². The van der Waals surface area contributed by atoms with Crippen molar-refractivity contribution >= 4 is 21.4 Å². The standard InChI is InChI=1S/C16H23N3O4S/c1-2-19(14-3-8-24(21,22)12-14)16(20)13-9-15(11-17-10-13)18-4-6-23-7-5-18/h9-11,14H,2-8,12H2,1H3. The zero-order chi connectivity index (χ0) is 17.2. The minimum atomic E-state index is -3.02. The number of carbonyl (C=O) groups excluding carboxylic acids is 1. The first-order valence-electron chi connectivity index (χ1n) is 8.29. The average molecular weight is 353 g/mol. The van der Waals surface area contributed by atoms with Gasteiger partial charge in [0.1, 0.15) is 0 Å². The predicted octanol–water partition coefficient (Wildman–Crippen LogP) is 0.567. The number of hydrogen-bond acceptors (Lipinski definition) is 6. The van der Waals surface area contributed by atoms with Gasteiger partial charge in [-0.1, -0.05) is 0 Å². The van der Waals surface area contributed by atoms with Crippen LogP contribution in [0.4, 0.5) is 5.69 Å². The maximum atomic E-state index is 12.9. The quantitative estimate of drug-likeness (QED) is 0.787. The van der Waals surface area contributed by atoms with Crippen molar-refractivity contribution in [2.24, 2.45) is 0 Å². The van der Waals surface area contributed by atoms with Gasteiger partial charge in [0.2, 0.25) is 0 Å². The number of amides is 1. The summed E-state index contributed by atoms with van der Waals surface area (Å²) in [7, 11) is -3.02. The van der Waals surface area contributed by atoms with Crippen molar-refractivity contribution in [2.45, 2.75) is 19.4 Å². The van der Waals surface area contributed by atoms with Gasteiger partial charge in [-0.3, -0.25) is 9.78 Å². The van der Waals surface area contributed by atoms with E-state index in [1.165, 1.54) is 0 Å². The van der Waals surface area contributed by atoms with Crippen LogP contribution in [0.1, 0.15) is 23.7 Å². The van der Waals surface area contributed by atoms with E-state index in [1.807, 2.05) is 13.0 Å². The monoisotopic (exact) mass is 353 g/mol. The molecule has 0 aromatic carbocycles. The van der Waals surface area contributed by atoms with E-state index < -0.39 is 9.84 Å². The Morgan fingerprint density at radius 1 is 1.38 bits per heavy atom. The second-order valence-corrected chi connectivity index (χ2v) is 8.41. The number of pyridine rings is 1. The van der Waals surface area contributed by atoms with Gasteiger partial charge < -0.3 is 14.5 Å². The first kappa shape index (κ1) is 17.2. The number of ether oxygens (including phenoxy) is 1. The van der Waals surface area contributed by atoms with Crippen LogP contribution in [-0.4, -0.2) is 74.6 Å². The molecule has 24 heavy (non-hydrogen) atoms. The van der Waals surface area contributed by atoms with Gasteiger partial charge >= 0.3 is 0 Å². The predicted molar refractivity (Wildman–Crippen MR) is 91.0 cm³/mol. The third-order valence-electron chi connectivity index (χ3n) is 4.60. The van der Waals surface area contributed by atoms with Gasteiger partial charge in [0.15, 0.2) is 9.84 Å². The van der Waals surface area contributed by atoms with Crippen LogP contribution in [0.15, 0.2) is 18.5 Å². The Balaban J connectivity index is 1.78. The van der Waals surface area contributed by atoms with E-state index in [2.05, 4.69) is 9.88 Å². The van der Waals surface area contributed by atoms with Gasteiger partial charge in [-0.05, 0) is 19.4 Å². The lowest BCUT2D eigenvalue weighted by Crippen LogP contribution is -2.41. The summed E-state index contributed by atoms with van der Waals surface area (Å²) >= 11 is 0. The number of morpholine rings is 1. The molecule has 0 spiro atoms. The summed E-state index contributed by atoms with van der Waals surface area (Å²) in [6, 6.07) is 1.60. The molecule has 0 aliphatic carbocycles. The lowest BCUT2D eigenvalue weighted by Gasteiger charge is -2.30. The van der Waals surface area contributed by atoms with E-state index in [1.54, 1.807) is 17.3 Å². The van der Waals surface area contributed by atoms with Crippen molar-refractivity contribution < 1.29 is 17.9 Å². The Bertz CT molecular complexity index is 701. The Morgan fingerprint density at radius 3 is 2.75 bits per heavy atom. The number of hydrogen-bond donors (Lipinski definition) is 0. The van der Waals surface area contributed by atoms with Crippen LogP contribution in [0.25, 0.3) is 0 Å². The zero-order valence-electron chi connectivity index (χ0n) is 13.8. The highest BCUT2D eigenvalue weighted by molar-refractivity contribution is 7.91. The number of anilines is 1. The fourth-order valence-electron chi connectivity index (χ4n) is 3.29. The maximum absolute atomic E-state index is 12.9. The lowest BCUT2D eigenvalue weighted by atomic mass is 10.1. The molecule has 1 amide bonds. The Hall–Kier alpha value is -1.67. The number of aromatic nitrogens is 1. The molecular formula is C16H23N3O4S. The minimum Gasteiger partial charge on any atom is -0.378 e. The molecule has 0 saturated carbocycles. The highest BCUT2D eigenvalue weighted by atomic mass is 32.2. The molecule has 8 heteroatoms. The van der Waals surface area contributed by atoms with Crippen LogP contribution < -0.4 is 4.90 Å². The molecule has 1 unspecified atom stereocenters. The number of rotatable bonds is 4. The van der Waals surface area contributed by atoms with Gasteiger partial charge in [-0.2, -0.15) is 0 Å². The molecule has 1 aromatic heterocycles. The number of sulfone groups is 1. The Morgan fingerprint density at radius 2 is 2.12 bits per heavy atom. The van der Waals surface area contributed by atoms with Crippen LogP contribution in [-0.2, 0) is 14.6 Å². The first-order valence-corrected chi connectivity index (χ1v) is 10.1. The normalized spacial score (nSPS) is 23.2. The van der Waals surface area contributed by atoms with Gasteiger partial charge in [0.25, 0.3) is 5.91 Å². The summed E-state index contributed by atoms with van der Waals surface area (Å²) in [4.78, 5) is 20.9. The SMILES string of the molecule is CCN(C(=O)c1cncc(N2CCOCC2)c1)C1CCS(=O)(=O)C1. The van der Waals surface area contributed by atoms with Gasteiger partial charge in [-0.15, -0.1) is 0 Å². The van der Waals surface area contributed by atoms with Crippen molar-refractivity contribution in [2.75, 3.05) is 49.3 Å². The fraction of sp³-hybridized carbons (Fsp3) is 0.625. The molecule has 0 bridgehead atoms. The van der Waals surface area contributed by atoms with Gasteiger partial charge in [0.05, 0.1) is 42.2 Å². The van der Waals surface area contributed by atoms with Crippen molar-refractivity contribution in [3.05, 3.63) is 24.0 Å². The Kier molecular flexibility index (Phi) is 5.05. The largest absolute Gasteiger partial charge is 0.378 e. The van der Waals surface area contributed by atoms with E-state index in [4.69, 9.17) is 4.74 Å². The number of nitrogens with zero attached hydrogens (tertiary/aromatic N) is 3. The van der Waals surface area contributed by atoms with Crippen LogP contribution in [0.5, 0.6) is 0 Å². The first-order chi connectivity index (χ1) is 11.5. The second-order valence-electron chi connectivity index (χ2n) is 6.18. The molecule has 132 valence electrons. The summed E-state index contributed by atoms with van der Waals surface area (Å²) in [5.41, 5.74) is 1.41. The smallest absolute Gasteiger partial charge is 0.255 e. The molecule has 3 rings (SSSR count). The summed E-state index contributed by atoms with van der Waals surface area (Å²) in [6.45, 7) is 5.25. The third kappa shape index (κ3) is 3.70. The van der Waals surface area contributed by atoms with E-state index in [0.717, 1.165) is 18.8 Å². The second kappa shape index (κ2) is 7.06. The van der Waals surface area contributed by atoms with Crippen LogP contribution >= 0.6 is 0 Å². The van der Waals surface area contributed by atoms with Crippen molar-refractivity contribution in [3.63, 3.8) is 0 Å². The molecule has 2 fully saturated rings. The summed E-state index contributed by atoms with van der Waals surface area (Å²) in [5, 5.41) is 0. The fourth-order valence-corrected chi connectivity index (χ4v) is 5.02. The van der Waals surface area contributed by atoms with Crippen molar-refractivity contribution in [1.82, 2.24) is 9.88 Å². The molecule has 2 saturated heterocycles. The van der Waals surface area contributed by atoms with Crippen LogP contribution in [0.2, 0.25) is 0 Å². The highest BCUT2D eigenvalue weighted by Crippen LogP contribution is 2.22. The van der Waals surface area contributed by atoms with Crippen LogP contribution in [0.3, 0.4) is 0 Å². The third-order valence-corrected chi connectivity index (χ3v) is 6.35. The molecular weight excluding hydrogens is 330 g/mol. The highest BCUT2D eigenvalue weighted by Gasteiger charge is 2.34. The van der Waals surface area contributed by atoms with E-state index >= 15 is 0 Å². The molecule has 2 aliphatic heterocycles. The van der Waals surface area contributed by atoms with Crippen LogP contribution in [0, 0.1) is 0 Å². The molecule has 1 atom stereocenters. The summed E-state index contributed by atoms with van der Waals surface area (Å²) < 4.78 is 28.8. The molecule has 3 heterocycles. The topological polar surface area (TPSA) is 79.8 Å². The summed E-state index contributed by atoms with van der Waals surface area (Å²) in [5.74, 6) is 0.0682. The Labute approximate surface area is 142 Å². The van der Waals surface area contributed by atoms with Gasteiger partial charge in [0, 0.05) is 31.9 Å².